The van der Waals surface area contributed by atoms with Crippen LogP contribution in [-0.2, 0) is 0 Å². The number of nitrogens with zero attached hydrogens (tertiary/aromatic N) is 2. The van der Waals surface area contributed by atoms with Gasteiger partial charge in [0.1, 0.15) is 8.64 Å². The van der Waals surface area contributed by atoms with E-state index in [0.717, 1.165) is 25.8 Å². The molecule has 0 aliphatic carbocycles. The second-order valence-electron chi connectivity index (χ2n) is 4.02. The summed E-state index contributed by atoms with van der Waals surface area (Å²) in [5.74, 6) is 0. The number of hydrogen-bond acceptors (Lipinski definition) is 3. The lowest BCUT2D eigenvalue weighted by atomic mass is 10.1. The summed E-state index contributed by atoms with van der Waals surface area (Å²) < 4.78 is 1.11. The molecule has 0 saturated heterocycles. The van der Waals surface area contributed by atoms with Gasteiger partial charge in [-0.1, -0.05) is 24.4 Å². The summed E-state index contributed by atoms with van der Waals surface area (Å²) in [6.07, 6.45) is 2.34. The van der Waals surface area contributed by atoms with Crippen LogP contribution >= 0.6 is 49.7 Å². The van der Waals surface area contributed by atoms with Gasteiger partial charge >= 0.3 is 0 Å². The Balaban J connectivity index is 3.61. The predicted octanol–water partition coefficient (Wildman–Crippen LogP) is 1.81. The van der Waals surface area contributed by atoms with Gasteiger partial charge < -0.3 is 14.9 Å². The summed E-state index contributed by atoms with van der Waals surface area (Å²) in [7, 11) is 3.74. The molecule has 0 saturated carbocycles. The number of thiol groups is 2. The molecule has 100 valence electrons. The number of likely N-dealkylation sites (N-methyl/N-ethyl adjacent to an activating group) is 1. The van der Waals surface area contributed by atoms with Crippen LogP contribution in [0.25, 0.3) is 0 Å². The standard InChI is InChI=1S/C10H20N2OS4/c1-11(9(14)15)6-4-3-5-8(13)7-12(2)10(16)17/h8,13H,3-7H2,1-2H3,(H,14,15)(H,16,17)/t8-/m1/s1. The molecule has 0 bridgehead atoms. The minimum absolute atomic E-state index is 0.363. The first-order valence-electron chi connectivity index (χ1n) is 5.40. The van der Waals surface area contributed by atoms with Gasteiger partial charge in [-0.2, -0.15) is 0 Å². The third kappa shape index (κ3) is 9.07. The highest BCUT2D eigenvalue weighted by Gasteiger charge is 2.09. The SMILES string of the molecule is CN(CCCC[C@@H](O)CN(C)C(=S)S)C(=S)S. The Morgan fingerprint density at radius 2 is 1.65 bits per heavy atom. The number of hydrogen-bond donors (Lipinski definition) is 3. The van der Waals surface area contributed by atoms with Crippen molar-refractivity contribution in [2.75, 3.05) is 27.2 Å². The van der Waals surface area contributed by atoms with Crippen LogP contribution in [-0.4, -0.2) is 56.8 Å². The summed E-state index contributed by atoms with van der Waals surface area (Å²) in [5.41, 5.74) is 0. The van der Waals surface area contributed by atoms with Crippen molar-refractivity contribution >= 4 is 58.3 Å². The van der Waals surface area contributed by atoms with Gasteiger partial charge in [0.15, 0.2) is 0 Å². The van der Waals surface area contributed by atoms with Crippen molar-refractivity contribution in [3.8, 4) is 0 Å². The van der Waals surface area contributed by atoms with Crippen LogP contribution in [0.4, 0.5) is 0 Å². The molecule has 0 aromatic heterocycles. The summed E-state index contributed by atoms with van der Waals surface area (Å²) in [5, 5.41) is 9.75. The van der Waals surface area contributed by atoms with Crippen LogP contribution in [0.1, 0.15) is 19.3 Å². The van der Waals surface area contributed by atoms with Gasteiger partial charge in [-0.25, -0.2) is 0 Å². The first-order chi connectivity index (χ1) is 7.84. The topological polar surface area (TPSA) is 26.7 Å². The van der Waals surface area contributed by atoms with E-state index in [1.165, 1.54) is 0 Å². The fourth-order valence-electron chi connectivity index (χ4n) is 1.31. The lowest BCUT2D eigenvalue weighted by Gasteiger charge is -2.21. The van der Waals surface area contributed by atoms with Gasteiger partial charge in [0, 0.05) is 27.2 Å². The average molecular weight is 313 g/mol. The van der Waals surface area contributed by atoms with E-state index in [-0.39, 0.29) is 6.10 Å². The van der Waals surface area contributed by atoms with Crippen molar-refractivity contribution in [2.45, 2.75) is 25.4 Å². The first kappa shape index (κ1) is 17.4. The minimum atomic E-state index is -0.363. The molecule has 3 nitrogen and oxygen atoms in total. The van der Waals surface area contributed by atoms with E-state index in [0.29, 0.717) is 15.2 Å². The molecular weight excluding hydrogens is 292 g/mol. The van der Waals surface area contributed by atoms with Gasteiger partial charge in [-0.3, -0.25) is 0 Å². The maximum atomic E-state index is 9.75. The molecular formula is C10H20N2OS4. The zero-order chi connectivity index (χ0) is 13.4. The number of thiocarbonyl (C=S) groups is 2. The largest absolute Gasteiger partial charge is 0.391 e. The third-order valence-corrected chi connectivity index (χ3v) is 3.72. The van der Waals surface area contributed by atoms with Crippen LogP contribution in [0.15, 0.2) is 0 Å². The van der Waals surface area contributed by atoms with Crippen LogP contribution in [0.5, 0.6) is 0 Å². The maximum Gasteiger partial charge on any atom is 0.133 e. The summed E-state index contributed by atoms with van der Waals surface area (Å²) in [4.78, 5) is 3.68. The van der Waals surface area contributed by atoms with E-state index in [1.54, 1.807) is 4.90 Å². The highest BCUT2D eigenvalue weighted by atomic mass is 32.1. The van der Waals surface area contributed by atoms with Crippen molar-refractivity contribution in [1.82, 2.24) is 9.80 Å². The number of unbranched alkanes of at least 4 members (excludes halogenated alkanes) is 1. The van der Waals surface area contributed by atoms with E-state index in [4.69, 9.17) is 24.4 Å². The van der Waals surface area contributed by atoms with Crippen LogP contribution in [0.2, 0.25) is 0 Å². The highest BCUT2D eigenvalue weighted by Crippen LogP contribution is 2.05. The van der Waals surface area contributed by atoms with Crippen molar-refractivity contribution in [2.24, 2.45) is 0 Å². The Labute approximate surface area is 125 Å². The molecule has 0 aromatic rings. The monoisotopic (exact) mass is 312 g/mol. The smallest absolute Gasteiger partial charge is 0.133 e. The zero-order valence-corrected chi connectivity index (χ0v) is 13.6. The van der Waals surface area contributed by atoms with E-state index < -0.39 is 0 Å². The molecule has 0 aliphatic heterocycles. The second-order valence-corrected chi connectivity index (χ2v) is 6.24. The fourth-order valence-corrected chi connectivity index (χ4v) is 1.66. The Kier molecular flexibility index (Phi) is 9.62. The average Bonchev–Trinajstić information content (AvgIpc) is 2.23. The zero-order valence-electron chi connectivity index (χ0n) is 10.2. The van der Waals surface area contributed by atoms with Crippen LogP contribution < -0.4 is 0 Å². The third-order valence-electron chi connectivity index (χ3n) is 2.42. The molecule has 1 atom stereocenters. The molecule has 0 unspecified atom stereocenters. The number of aliphatic hydroxyl groups is 1. The van der Waals surface area contributed by atoms with Crippen LogP contribution in [0, 0.1) is 0 Å². The normalized spacial score (nSPS) is 12.1. The maximum absolute atomic E-state index is 9.75. The van der Waals surface area contributed by atoms with Crippen molar-refractivity contribution in [1.29, 1.82) is 0 Å². The van der Waals surface area contributed by atoms with E-state index in [9.17, 15) is 5.11 Å². The predicted molar refractivity (Wildman–Crippen MR) is 88.3 cm³/mol. The highest BCUT2D eigenvalue weighted by molar-refractivity contribution is 8.11. The van der Waals surface area contributed by atoms with Crippen molar-refractivity contribution < 1.29 is 5.11 Å². The molecule has 0 radical (unpaired) electrons. The molecule has 0 aliphatic rings. The number of aliphatic hydroxyl groups excluding tert-OH is 1. The van der Waals surface area contributed by atoms with E-state index in [1.807, 2.05) is 19.0 Å². The van der Waals surface area contributed by atoms with Gasteiger partial charge in [0.25, 0.3) is 0 Å². The molecule has 0 aromatic carbocycles. The first-order valence-corrected chi connectivity index (χ1v) is 7.12. The van der Waals surface area contributed by atoms with E-state index in [2.05, 4.69) is 25.3 Å². The van der Waals surface area contributed by atoms with Crippen LogP contribution in [0.3, 0.4) is 0 Å². The molecule has 7 heteroatoms. The van der Waals surface area contributed by atoms with Crippen molar-refractivity contribution in [3.05, 3.63) is 0 Å². The molecule has 0 fully saturated rings. The lowest BCUT2D eigenvalue weighted by molar-refractivity contribution is 0.138. The van der Waals surface area contributed by atoms with E-state index >= 15 is 0 Å². The summed E-state index contributed by atoms with van der Waals surface area (Å²) in [6.45, 7) is 1.40. The van der Waals surface area contributed by atoms with Crippen molar-refractivity contribution in [3.63, 3.8) is 0 Å². The minimum Gasteiger partial charge on any atom is -0.391 e. The number of rotatable bonds is 7. The van der Waals surface area contributed by atoms with Gasteiger partial charge in [-0.15, -0.1) is 25.3 Å². The van der Waals surface area contributed by atoms with Gasteiger partial charge in [-0.05, 0) is 19.3 Å². The Bertz CT molecular complexity index is 263. The van der Waals surface area contributed by atoms with Gasteiger partial charge in [0.05, 0.1) is 6.10 Å². The second kappa shape index (κ2) is 9.38. The quantitative estimate of drug-likeness (QED) is 0.379. The Morgan fingerprint density at radius 3 is 2.12 bits per heavy atom. The Hall–Kier alpha value is 0.440. The molecule has 0 spiro atoms. The summed E-state index contributed by atoms with van der Waals surface area (Å²) in [6, 6.07) is 0. The lowest BCUT2D eigenvalue weighted by Crippen LogP contribution is -2.31. The Morgan fingerprint density at radius 1 is 1.12 bits per heavy atom. The molecule has 17 heavy (non-hydrogen) atoms. The molecule has 0 amide bonds. The molecule has 0 heterocycles. The fraction of sp³-hybridized carbons (Fsp3) is 0.800. The molecule has 1 N–H and O–H groups in total. The van der Waals surface area contributed by atoms with Gasteiger partial charge in [0.2, 0.25) is 0 Å². The summed E-state index contributed by atoms with van der Waals surface area (Å²) >= 11 is 17.9. The molecule has 0 rings (SSSR count).